The van der Waals surface area contributed by atoms with Crippen molar-refractivity contribution in [1.29, 1.82) is 0 Å². The van der Waals surface area contributed by atoms with Crippen LogP contribution in [0.3, 0.4) is 0 Å². The standard InChI is InChI=1S/C17H21Cl2N5OS/c1-11-24-13(10-26-11)5-6-22-17(20-2)23-8-7-21-16(25)12-3-4-14(18)15(19)9-12/h3-4,9-10H,5-8H2,1-2H3,(H,21,25)(H2,20,22,23). The molecule has 0 spiro atoms. The normalized spacial score (nSPS) is 11.3. The first-order valence-electron chi connectivity index (χ1n) is 8.08. The van der Waals surface area contributed by atoms with E-state index < -0.39 is 0 Å². The van der Waals surface area contributed by atoms with Crippen molar-refractivity contribution in [3.63, 3.8) is 0 Å². The van der Waals surface area contributed by atoms with Crippen LogP contribution in [-0.4, -0.2) is 43.5 Å². The van der Waals surface area contributed by atoms with Crippen molar-refractivity contribution in [3.8, 4) is 0 Å². The Balaban J connectivity index is 1.66. The number of carbonyl (C=O) groups is 1. The van der Waals surface area contributed by atoms with Crippen LogP contribution >= 0.6 is 34.5 Å². The number of hydrogen-bond donors (Lipinski definition) is 3. The number of benzene rings is 1. The minimum absolute atomic E-state index is 0.202. The van der Waals surface area contributed by atoms with Crippen LogP contribution in [0.15, 0.2) is 28.6 Å². The number of nitrogens with one attached hydrogen (secondary N) is 3. The molecule has 140 valence electrons. The van der Waals surface area contributed by atoms with Crippen LogP contribution in [0.2, 0.25) is 10.0 Å². The van der Waals surface area contributed by atoms with Crippen LogP contribution in [0.1, 0.15) is 21.1 Å². The number of nitrogens with zero attached hydrogens (tertiary/aromatic N) is 2. The molecule has 0 atom stereocenters. The Bertz CT molecular complexity index is 778. The quantitative estimate of drug-likeness (QED) is 0.370. The van der Waals surface area contributed by atoms with Gasteiger partial charge in [-0.2, -0.15) is 0 Å². The molecule has 1 aromatic carbocycles. The number of aliphatic imine (C=N–C) groups is 1. The van der Waals surface area contributed by atoms with Gasteiger partial charge in [-0.3, -0.25) is 9.79 Å². The summed E-state index contributed by atoms with van der Waals surface area (Å²) >= 11 is 13.4. The third kappa shape index (κ3) is 6.48. The molecule has 9 heteroatoms. The molecule has 0 aliphatic carbocycles. The fourth-order valence-corrected chi connectivity index (χ4v) is 3.09. The molecule has 1 heterocycles. The first kappa shape index (κ1) is 20.5. The Kier molecular flexibility index (Phi) is 8.15. The molecule has 0 saturated heterocycles. The number of aromatic nitrogens is 1. The van der Waals surface area contributed by atoms with E-state index in [1.807, 2.05) is 6.92 Å². The lowest BCUT2D eigenvalue weighted by Gasteiger charge is -2.12. The lowest BCUT2D eigenvalue weighted by molar-refractivity contribution is 0.0954. The molecule has 1 aromatic heterocycles. The molecular formula is C17H21Cl2N5OS. The van der Waals surface area contributed by atoms with Gasteiger partial charge in [0.1, 0.15) is 0 Å². The second kappa shape index (κ2) is 10.4. The van der Waals surface area contributed by atoms with Crippen LogP contribution < -0.4 is 16.0 Å². The van der Waals surface area contributed by atoms with Gasteiger partial charge in [-0.25, -0.2) is 4.98 Å². The highest BCUT2D eigenvalue weighted by atomic mass is 35.5. The van der Waals surface area contributed by atoms with Crippen molar-refractivity contribution in [3.05, 3.63) is 49.9 Å². The van der Waals surface area contributed by atoms with Gasteiger partial charge < -0.3 is 16.0 Å². The van der Waals surface area contributed by atoms with E-state index in [1.54, 1.807) is 36.6 Å². The fourth-order valence-electron chi connectivity index (χ4n) is 2.15. The zero-order chi connectivity index (χ0) is 18.9. The largest absolute Gasteiger partial charge is 0.356 e. The van der Waals surface area contributed by atoms with Gasteiger partial charge in [-0.15, -0.1) is 11.3 Å². The van der Waals surface area contributed by atoms with E-state index in [4.69, 9.17) is 23.2 Å². The fraction of sp³-hybridized carbons (Fsp3) is 0.353. The monoisotopic (exact) mass is 413 g/mol. The molecule has 0 fully saturated rings. The van der Waals surface area contributed by atoms with E-state index in [0.717, 1.165) is 23.7 Å². The van der Waals surface area contributed by atoms with E-state index in [-0.39, 0.29) is 5.91 Å². The molecule has 0 bridgehead atoms. The average Bonchev–Trinajstić information content (AvgIpc) is 3.04. The summed E-state index contributed by atoms with van der Waals surface area (Å²) in [5.74, 6) is 0.480. The molecule has 26 heavy (non-hydrogen) atoms. The average molecular weight is 414 g/mol. The summed E-state index contributed by atoms with van der Waals surface area (Å²) in [5.41, 5.74) is 1.55. The molecule has 6 nitrogen and oxygen atoms in total. The molecule has 0 saturated carbocycles. The van der Waals surface area contributed by atoms with Crippen molar-refractivity contribution in [2.24, 2.45) is 4.99 Å². The first-order chi connectivity index (χ1) is 12.5. The molecule has 3 N–H and O–H groups in total. The maximum Gasteiger partial charge on any atom is 0.251 e. The van der Waals surface area contributed by atoms with Gasteiger partial charge >= 0.3 is 0 Å². The summed E-state index contributed by atoms with van der Waals surface area (Å²) in [4.78, 5) is 20.6. The van der Waals surface area contributed by atoms with Crippen molar-refractivity contribution in [2.45, 2.75) is 13.3 Å². The van der Waals surface area contributed by atoms with Crippen molar-refractivity contribution in [1.82, 2.24) is 20.9 Å². The molecule has 2 rings (SSSR count). The van der Waals surface area contributed by atoms with Crippen molar-refractivity contribution in [2.75, 3.05) is 26.7 Å². The van der Waals surface area contributed by atoms with E-state index >= 15 is 0 Å². The predicted octanol–water partition coefficient (Wildman–Crippen LogP) is 2.90. The van der Waals surface area contributed by atoms with Crippen LogP contribution in [-0.2, 0) is 6.42 Å². The molecule has 0 aliphatic rings. The summed E-state index contributed by atoms with van der Waals surface area (Å²) in [6, 6.07) is 4.79. The Morgan fingerprint density at radius 1 is 1.15 bits per heavy atom. The Hall–Kier alpha value is -1.83. The number of aryl methyl sites for hydroxylation is 1. The van der Waals surface area contributed by atoms with Crippen LogP contribution in [0.25, 0.3) is 0 Å². The second-order valence-electron chi connectivity index (χ2n) is 5.42. The van der Waals surface area contributed by atoms with E-state index in [2.05, 4.69) is 31.3 Å². The smallest absolute Gasteiger partial charge is 0.251 e. The summed E-state index contributed by atoms with van der Waals surface area (Å²) in [6.07, 6.45) is 0.832. The molecule has 2 aromatic rings. The van der Waals surface area contributed by atoms with Gasteiger partial charge in [0.15, 0.2) is 5.96 Å². The van der Waals surface area contributed by atoms with Gasteiger partial charge in [-0.05, 0) is 25.1 Å². The van der Waals surface area contributed by atoms with Gasteiger partial charge in [0, 0.05) is 44.0 Å². The summed E-state index contributed by atoms with van der Waals surface area (Å²) in [6.45, 7) is 3.72. The Morgan fingerprint density at radius 3 is 2.54 bits per heavy atom. The predicted molar refractivity (Wildman–Crippen MR) is 109 cm³/mol. The zero-order valence-electron chi connectivity index (χ0n) is 14.6. The van der Waals surface area contributed by atoms with E-state index in [9.17, 15) is 4.79 Å². The number of carbonyl (C=O) groups excluding carboxylic acids is 1. The van der Waals surface area contributed by atoms with E-state index in [1.165, 1.54) is 0 Å². The topological polar surface area (TPSA) is 78.4 Å². The summed E-state index contributed by atoms with van der Waals surface area (Å²) in [7, 11) is 1.70. The Morgan fingerprint density at radius 2 is 1.88 bits per heavy atom. The van der Waals surface area contributed by atoms with Gasteiger partial charge in [0.25, 0.3) is 5.91 Å². The van der Waals surface area contributed by atoms with Gasteiger partial charge in [0.2, 0.25) is 0 Å². The zero-order valence-corrected chi connectivity index (χ0v) is 16.9. The molecule has 0 radical (unpaired) electrons. The highest BCUT2D eigenvalue weighted by molar-refractivity contribution is 7.09. The van der Waals surface area contributed by atoms with E-state index in [0.29, 0.717) is 34.7 Å². The maximum atomic E-state index is 12.1. The molecule has 0 aliphatic heterocycles. The second-order valence-corrected chi connectivity index (χ2v) is 7.30. The number of guanidine groups is 1. The van der Waals surface area contributed by atoms with Crippen LogP contribution in [0, 0.1) is 6.92 Å². The minimum atomic E-state index is -0.202. The summed E-state index contributed by atoms with van der Waals surface area (Å²) in [5, 5.41) is 13.1. The van der Waals surface area contributed by atoms with Crippen molar-refractivity contribution >= 4 is 46.4 Å². The minimum Gasteiger partial charge on any atom is -0.356 e. The number of hydrogen-bond acceptors (Lipinski definition) is 4. The lowest BCUT2D eigenvalue weighted by atomic mass is 10.2. The highest BCUT2D eigenvalue weighted by Crippen LogP contribution is 2.22. The van der Waals surface area contributed by atoms with Gasteiger partial charge in [0.05, 0.1) is 20.7 Å². The SMILES string of the molecule is CN=C(NCCNC(=O)c1ccc(Cl)c(Cl)c1)NCCc1csc(C)n1. The number of amides is 1. The third-order valence-corrected chi connectivity index (χ3v) is 5.01. The number of rotatable bonds is 7. The van der Waals surface area contributed by atoms with Crippen LogP contribution in [0.5, 0.6) is 0 Å². The van der Waals surface area contributed by atoms with Crippen LogP contribution in [0.4, 0.5) is 0 Å². The summed E-state index contributed by atoms with van der Waals surface area (Å²) < 4.78 is 0. The third-order valence-electron chi connectivity index (χ3n) is 3.45. The molecule has 1 amide bonds. The molecule has 0 unspecified atom stereocenters. The first-order valence-corrected chi connectivity index (χ1v) is 9.72. The lowest BCUT2D eigenvalue weighted by Crippen LogP contribution is -2.42. The Labute approximate surface area is 167 Å². The highest BCUT2D eigenvalue weighted by Gasteiger charge is 2.07. The van der Waals surface area contributed by atoms with Crippen molar-refractivity contribution < 1.29 is 4.79 Å². The van der Waals surface area contributed by atoms with Gasteiger partial charge in [-0.1, -0.05) is 23.2 Å². The maximum absolute atomic E-state index is 12.1. The number of thiazole rings is 1. The molecular weight excluding hydrogens is 393 g/mol. The number of halogens is 2.